The van der Waals surface area contributed by atoms with E-state index in [1.54, 1.807) is 0 Å². The van der Waals surface area contributed by atoms with Gasteiger partial charge in [-0.2, -0.15) is 0 Å². The SMILES string of the molecule is CCCCCCCCCOC(CC)(OCCCCCCCCC)OCOCOC(CC)(OCCCCCCCCC)OCCCCCCCCC. The van der Waals surface area contributed by atoms with E-state index in [-0.39, 0.29) is 13.6 Å². The van der Waals surface area contributed by atoms with Crippen molar-refractivity contribution in [2.45, 2.75) is 246 Å². The van der Waals surface area contributed by atoms with Crippen LogP contribution < -0.4 is 0 Å². The van der Waals surface area contributed by atoms with Gasteiger partial charge < -0.3 is 33.2 Å². The van der Waals surface area contributed by atoms with Crippen LogP contribution in [-0.2, 0) is 33.2 Å². The summed E-state index contributed by atoms with van der Waals surface area (Å²) in [5, 5.41) is 0. The quantitative estimate of drug-likeness (QED) is 0.0457. The summed E-state index contributed by atoms with van der Waals surface area (Å²) < 4.78 is 43.7. The van der Waals surface area contributed by atoms with E-state index >= 15 is 0 Å². The molecule has 0 saturated heterocycles. The summed E-state index contributed by atoms with van der Waals surface area (Å²) in [5.74, 6) is -2.21. The van der Waals surface area contributed by atoms with E-state index in [9.17, 15) is 0 Å². The molecule has 0 fully saturated rings. The van der Waals surface area contributed by atoms with Crippen LogP contribution in [-0.4, -0.2) is 52.0 Å². The Morgan fingerprint density at radius 3 is 0.686 bits per heavy atom. The van der Waals surface area contributed by atoms with Gasteiger partial charge >= 0.3 is 0 Å². The van der Waals surface area contributed by atoms with Crippen LogP contribution >= 0.6 is 0 Å². The Labute approximate surface area is 318 Å². The van der Waals surface area contributed by atoms with Crippen molar-refractivity contribution < 1.29 is 33.2 Å². The van der Waals surface area contributed by atoms with E-state index in [1.807, 2.05) is 0 Å². The van der Waals surface area contributed by atoms with Crippen LogP contribution in [0.5, 0.6) is 0 Å². The highest BCUT2D eigenvalue weighted by molar-refractivity contribution is 4.58. The smallest absolute Gasteiger partial charge is 0.284 e. The lowest BCUT2D eigenvalue weighted by Gasteiger charge is -2.34. The van der Waals surface area contributed by atoms with Crippen LogP contribution in [0.2, 0.25) is 0 Å². The van der Waals surface area contributed by atoms with Gasteiger partial charge in [0.2, 0.25) is 0 Å². The highest BCUT2D eigenvalue weighted by Gasteiger charge is 2.33. The second-order valence-electron chi connectivity index (χ2n) is 14.7. The van der Waals surface area contributed by atoms with E-state index in [1.165, 1.54) is 154 Å². The van der Waals surface area contributed by atoms with Crippen molar-refractivity contribution in [1.29, 1.82) is 0 Å². The molecule has 0 rings (SSSR count). The first-order chi connectivity index (χ1) is 25.1. The molecule has 0 spiro atoms. The first kappa shape index (κ1) is 50.7. The Bertz CT molecular complexity index is 567. The minimum atomic E-state index is -1.10. The number of ether oxygens (including phenoxy) is 7. The van der Waals surface area contributed by atoms with Crippen molar-refractivity contribution in [3.05, 3.63) is 0 Å². The molecule has 0 radical (unpaired) electrons. The molecule has 0 aliphatic rings. The molecule has 0 saturated carbocycles. The molecule has 0 aromatic heterocycles. The molecule has 0 unspecified atom stereocenters. The largest absolute Gasteiger partial charge is 0.329 e. The molecule has 7 nitrogen and oxygen atoms in total. The molecule has 51 heavy (non-hydrogen) atoms. The van der Waals surface area contributed by atoms with Gasteiger partial charge in [0.25, 0.3) is 11.9 Å². The second kappa shape index (κ2) is 39.4. The fourth-order valence-electron chi connectivity index (χ4n) is 6.31. The molecule has 0 N–H and O–H groups in total. The third-order valence-electron chi connectivity index (χ3n) is 9.87. The van der Waals surface area contributed by atoms with Crippen molar-refractivity contribution in [1.82, 2.24) is 0 Å². The van der Waals surface area contributed by atoms with Crippen LogP contribution in [0.1, 0.15) is 234 Å². The van der Waals surface area contributed by atoms with Crippen LogP contribution in [0.3, 0.4) is 0 Å². The number of unbranched alkanes of at least 4 members (excludes halogenated alkanes) is 24. The molecule has 0 amide bonds. The van der Waals surface area contributed by atoms with Crippen LogP contribution in [0.4, 0.5) is 0 Å². The van der Waals surface area contributed by atoms with Gasteiger partial charge in [0.05, 0.1) is 26.4 Å². The van der Waals surface area contributed by atoms with Gasteiger partial charge in [0.1, 0.15) is 0 Å². The van der Waals surface area contributed by atoms with Gasteiger partial charge in [-0.05, 0) is 25.7 Å². The predicted octanol–water partition coefficient (Wildman–Crippen LogP) is 14.1. The Kier molecular flexibility index (Phi) is 39.2. The molecule has 308 valence electrons. The summed E-state index contributed by atoms with van der Waals surface area (Å²) in [7, 11) is 0. The summed E-state index contributed by atoms with van der Waals surface area (Å²) in [4.78, 5) is 0. The highest BCUT2D eigenvalue weighted by Crippen LogP contribution is 2.25. The monoisotopic (exact) mass is 731 g/mol. The first-order valence-electron chi connectivity index (χ1n) is 22.5. The van der Waals surface area contributed by atoms with Crippen molar-refractivity contribution in [3.63, 3.8) is 0 Å². The Hall–Kier alpha value is -0.280. The molecule has 0 aromatic rings. The second-order valence-corrected chi connectivity index (χ2v) is 14.7. The Morgan fingerprint density at radius 1 is 0.255 bits per heavy atom. The maximum atomic E-state index is 6.33. The van der Waals surface area contributed by atoms with Crippen LogP contribution in [0.25, 0.3) is 0 Å². The topological polar surface area (TPSA) is 64.6 Å². The van der Waals surface area contributed by atoms with E-state index in [4.69, 9.17) is 33.2 Å². The average Bonchev–Trinajstić information content (AvgIpc) is 3.15. The van der Waals surface area contributed by atoms with E-state index in [0.717, 1.165) is 25.7 Å². The number of hydrogen-bond acceptors (Lipinski definition) is 7. The lowest BCUT2D eigenvalue weighted by molar-refractivity contribution is -0.423. The van der Waals surface area contributed by atoms with Crippen LogP contribution in [0.15, 0.2) is 0 Å². The van der Waals surface area contributed by atoms with Crippen molar-refractivity contribution in [2.75, 3.05) is 40.0 Å². The molecule has 0 aliphatic heterocycles. The lowest BCUT2D eigenvalue weighted by Crippen LogP contribution is -2.41. The maximum absolute atomic E-state index is 6.33. The van der Waals surface area contributed by atoms with Crippen molar-refractivity contribution >= 4 is 0 Å². The predicted molar refractivity (Wildman–Crippen MR) is 215 cm³/mol. The van der Waals surface area contributed by atoms with Gasteiger partial charge in [-0.15, -0.1) is 0 Å². The standard InChI is InChI=1S/C44H90O7/c1-7-13-17-21-25-29-33-37-46-43(11-5,47-38-34-30-26-22-18-14-8-2)50-41-45-42-51-44(12-6,48-39-35-31-27-23-19-15-9-3)49-40-36-32-28-24-20-16-10-4/h7-42H2,1-6H3. The number of hydrogen-bond donors (Lipinski definition) is 0. The summed E-state index contributed by atoms with van der Waals surface area (Å²) in [6.45, 7) is 15.7. The molecular weight excluding hydrogens is 640 g/mol. The van der Waals surface area contributed by atoms with E-state index in [2.05, 4.69) is 41.5 Å². The molecule has 0 aromatic carbocycles. The van der Waals surface area contributed by atoms with E-state index < -0.39 is 11.9 Å². The fraction of sp³-hybridized carbons (Fsp3) is 1.00. The fourth-order valence-corrected chi connectivity index (χ4v) is 6.31. The summed E-state index contributed by atoms with van der Waals surface area (Å²) in [6, 6.07) is 0. The zero-order chi connectivity index (χ0) is 37.4. The van der Waals surface area contributed by atoms with Gasteiger partial charge in [-0.1, -0.05) is 196 Å². The van der Waals surface area contributed by atoms with Gasteiger partial charge in [0.15, 0.2) is 13.6 Å². The minimum absolute atomic E-state index is 0.0111. The summed E-state index contributed by atoms with van der Waals surface area (Å²) in [5.41, 5.74) is 0. The van der Waals surface area contributed by atoms with E-state index in [0.29, 0.717) is 39.3 Å². The molecular formula is C44H90O7. The number of rotatable bonds is 44. The van der Waals surface area contributed by atoms with Gasteiger partial charge in [-0.3, -0.25) is 0 Å². The molecule has 0 aliphatic carbocycles. The van der Waals surface area contributed by atoms with Crippen molar-refractivity contribution in [3.8, 4) is 0 Å². The molecule has 0 heterocycles. The third kappa shape index (κ3) is 31.7. The van der Waals surface area contributed by atoms with Gasteiger partial charge in [-0.25, -0.2) is 0 Å². The first-order valence-corrected chi connectivity index (χ1v) is 22.5. The van der Waals surface area contributed by atoms with Crippen LogP contribution in [0, 0.1) is 0 Å². The third-order valence-corrected chi connectivity index (χ3v) is 9.87. The highest BCUT2D eigenvalue weighted by atomic mass is 16.9. The minimum Gasteiger partial charge on any atom is -0.329 e. The normalized spacial score (nSPS) is 12.4. The average molecular weight is 731 g/mol. The molecule has 0 atom stereocenters. The Balaban J connectivity index is 4.99. The van der Waals surface area contributed by atoms with Gasteiger partial charge in [0, 0.05) is 12.8 Å². The zero-order valence-electron chi connectivity index (χ0n) is 35.3. The summed E-state index contributed by atoms with van der Waals surface area (Å²) in [6.07, 6.45) is 35.8. The van der Waals surface area contributed by atoms with Crippen molar-refractivity contribution in [2.24, 2.45) is 0 Å². The molecule has 0 bridgehead atoms. The lowest BCUT2D eigenvalue weighted by atomic mass is 10.1. The maximum Gasteiger partial charge on any atom is 0.284 e. The Morgan fingerprint density at radius 2 is 0.471 bits per heavy atom. The summed E-state index contributed by atoms with van der Waals surface area (Å²) >= 11 is 0. The zero-order valence-corrected chi connectivity index (χ0v) is 35.3. The molecule has 7 heteroatoms.